The Morgan fingerprint density at radius 3 is 0.933 bits per heavy atom. The second kappa shape index (κ2) is 23.7. The van der Waals surface area contributed by atoms with Gasteiger partial charge in [-0.3, -0.25) is 0 Å². The van der Waals surface area contributed by atoms with Crippen LogP contribution in [-0.2, 0) is 0 Å². The van der Waals surface area contributed by atoms with Crippen molar-refractivity contribution in [2.75, 3.05) is 0 Å². The molecule has 1 saturated carbocycles. The Kier molecular flexibility index (Phi) is 32.2. The van der Waals surface area contributed by atoms with Crippen molar-refractivity contribution >= 4 is 0 Å². The van der Waals surface area contributed by atoms with Gasteiger partial charge in [0.2, 0.25) is 0 Å². The van der Waals surface area contributed by atoms with Crippen molar-refractivity contribution in [2.24, 2.45) is 5.92 Å². The zero-order chi connectivity index (χ0) is 12.5. The third-order valence-electron chi connectivity index (χ3n) is 2.27. The minimum absolute atomic E-state index is 1.13. The highest BCUT2D eigenvalue weighted by molar-refractivity contribution is 4.69. The second-order valence-electron chi connectivity index (χ2n) is 3.85. The van der Waals surface area contributed by atoms with Crippen LogP contribution in [-0.4, -0.2) is 0 Å². The van der Waals surface area contributed by atoms with Crippen LogP contribution in [0.1, 0.15) is 93.4 Å². The third kappa shape index (κ3) is 41.1. The number of hydrogen-bond donors (Lipinski definition) is 0. The molecule has 1 rings (SSSR count). The Labute approximate surface area is 99.9 Å². The van der Waals surface area contributed by atoms with E-state index in [1.807, 2.05) is 13.8 Å². The van der Waals surface area contributed by atoms with Crippen molar-refractivity contribution in [3.05, 3.63) is 0 Å². The predicted molar refractivity (Wildman–Crippen MR) is 75.5 cm³/mol. The smallest absolute Gasteiger partial charge is 0.0417 e. The highest BCUT2D eigenvalue weighted by Gasteiger charge is 2.17. The number of rotatable bonds is 3. The van der Waals surface area contributed by atoms with Crippen molar-refractivity contribution < 1.29 is 0 Å². The number of hydrogen-bond acceptors (Lipinski definition) is 0. The summed E-state index contributed by atoms with van der Waals surface area (Å²) < 4.78 is 0. The van der Waals surface area contributed by atoms with Gasteiger partial charge in [-0.15, -0.1) is 0 Å². The van der Waals surface area contributed by atoms with Gasteiger partial charge < -0.3 is 0 Å². The van der Waals surface area contributed by atoms with E-state index in [2.05, 4.69) is 34.6 Å². The van der Waals surface area contributed by atoms with Crippen LogP contribution in [0.15, 0.2) is 0 Å². The summed E-state index contributed by atoms with van der Waals surface area (Å²) in [7, 11) is 0. The molecule has 0 spiro atoms. The molecule has 0 aliphatic heterocycles. The zero-order valence-electron chi connectivity index (χ0n) is 12.5. The van der Waals surface area contributed by atoms with Gasteiger partial charge in [0.1, 0.15) is 0 Å². The summed E-state index contributed by atoms with van der Waals surface area (Å²) in [5.74, 6) is 1.13. The molecule has 0 heteroatoms. The molecule has 0 nitrogen and oxygen atoms in total. The summed E-state index contributed by atoms with van der Waals surface area (Å²) in [4.78, 5) is 0. The molecular weight excluding hydrogens is 180 g/mol. The van der Waals surface area contributed by atoms with E-state index in [4.69, 9.17) is 0 Å². The summed E-state index contributed by atoms with van der Waals surface area (Å²) in [5.41, 5.74) is 0. The fourth-order valence-electron chi connectivity index (χ4n) is 0.526. The fraction of sp³-hybridized carbons (Fsp3) is 1.00. The highest BCUT2D eigenvalue weighted by Crippen LogP contribution is 2.31. The maximum absolute atomic E-state index is 2.26. The van der Waals surface area contributed by atoms with Crippen LogP contribution in [0.25, 0.3) is 0 Å². The molecule has 0 unspecified atom stereocenters. The maximum atomic E-state index is 2.26. The molecule has 0 atom stereocenters. The molecule has 0 saturated heterocycles. The van der Waals surface area contributed by atoms with Crippen molar-refractivity contribution in [1.82, 2.24) is 0 Å². The maximum Gasteiger partial charge on any atom is -0.0417 e. The Hall–Kier alpha value is 0. The van der Waals surface area contributed by atoms with Gasteiger partial charge in [0, 0.05) is 0 Å². The molecule has 1 aliphatic carbocycles. The lowest BCUT2D eigenvalue weighted by Gasteiger charge is -1.72. The van der Waals surface area contributed by atoms with Crippen LogP contribution in [0.3, 0.4) is 0 Å². The molecule has 1 fully saturated rings. The van der Waals surface area contributed by atoms with Crippen molar-refractivity contribution in [2.45, 2.75) is 93.4 Å². The van der Waals surface area contributed by atoms with Gasteiger partial charge in [-0.2, -0.15) is 0 Å². The molecule has 0 aromatic carbocycles. The van der Waals surface area contributed by atoms with Crippen LogP contribution in [0.4, 0.5) is 0 Å². The van der Waals surface area contributed by atoms with Crippen molar-refractivity contribution in [1.29, 1.82) is 0 Å². The molecule has 1 aliphatic rings. The predicted octanol–water partition coefficient (Wildman–Crippen LogP) is 6.45. The molecule has 15 heavy (non-hydrogen) atoms. The van der Waals surface area contributed by atoms with E-state index in [1.165, 1.54) is 44.9 Å². The van der Waals surface area contributed by atoms with E-state index in [9.17, 15) is 0 Å². The Bertz CT molecular complexity index is 54.4. The molecule has 0 heterocycles. The first kappa shape index (κ1) is 20.4. The quantitative estimate of drug-likeness (QED) is 0.509. The first-order chi connectivity index (χ1) is 7.26. The first-order valence-electron chi connectivity index (χ1n) is 7.26. The van der Waals surface area contributed by atoms with Crippen molar-refractivity contribution in [3.63, 3.8) is 0 Å². The van der Waals surface area contributed by atoms with E-state index >= 15 is 0 Å². The largest absolute Gasteiger partial charge is 0.0683 e. The van der Waals surface area contributed by atoms with Crippen LogP contribution in [0, 0.1) is 5.92 Å². The van der Waals surface area contributed by atoms with Crippen LogP contribution in [0.2, 0.25) is 0 Å². The van der Waals surface area contributed by atoms with Crippen LogP contribution < -0.4 is 0 Å². The normalized spacial score (nSPS) is 12.2. The van der Waals surface area contributed by atoms with Crippen molar-refractivity contribution in [3.8, 4) is 0 Å². The SMILES string of the molecule is CC.CCC1CC1.CCCC.CCCC. The van der Waals surface area contributed by atoms with Crippen LogP contribution >= 0.6 is 0 Å². The zero-order valence-corrected chi connectivity index (χ0v) is 12.5. The van der Waals surface area contributed by atoms with Gasteiger partial charge >= 0.3 is 0 Å². The van der Waals surface area contributed by atoms with Gasteiger partial charge in [-0.1, -0.05) is 93.4 Å². The second-order valence-corrected chi connectivity index (χ2v) is 3.85. The molecule has 96 valence electrons. The van der Waals surface area contributed by atoms with E-state index in [0.29, 0.717) is 0 Å². The van der Waals surface area contributed by atoms with Gasteiger partial charge in [0.15, 0.2) is 0 Å². The lowest BCUT2D eigenvalue weighted by atomic mass is 10.3. The third-order valence-corrected chi connectivity index (χ3v) is 2.27. The van der Waals surface area contributed by atoms with E-state index in [-0.39, 0.29) is 0 Å². The minimum atomic E-state index is 1.13. The molecule has 0 radical (unpaired) electrons. The summed E-state index contributed by atoms with van der Waals surface area (Å²) in [5, 5.41) is 0. The molecule has 0 amide bonds. The average molecular weight is 216 g/mol. The van der Waals surface area contributed by atoms with E-state index in [0.717, 1.165) is 5.92 Å². The Morgan fingerprint density at radius 1 is 0.667 bits per heavy atom. The molecule has 0 aromatic heterocycles. The lowest BCUT2D eigenvalue weighted by Crippen LogP contribution is -1.59. The minimum Gasteiger partial charge on any atom is -0.0683 e. The molecule has 0 bridgehead atoms. The van der Waals surface area contributed by atoms with E-state index in [1.54, 1.807) is 0 Å². The van der Waals surface area contributed by atoms with Gasteiger partial charge in [0.25, 0.3) is 0 Å². The molecular formula is C15H36. The van der Waals surface area contributed by atoms with Gasteiger partial charge in [-0.05, 0) is 5.92 Å². The lowest BCUT2D eigenvalue weighted by molar-refractivity contribution is 0.799. The summed E-state index contributed by atoms with van der Waals surface area (Å²) in [6.07, 6.45) is 9.72. The fourth-order valence-corrected chi connectivity index (χ4v) is 0.526. The summed E-state index contributed by atoms with van der Waals surface area (Å²) in [6, 6.07) is 0. The number of unbranched alkanes of at least 4 members (excludes halogenated alkanes) is 2. The first-order valence-corrected chi connectivity index (χ1v) is 7.26. The Morgan fingerprint density at radius 2 is 0.933 bits per heavy atom. The van der Waals surface area contributed by atoms with Gasteiger partial charge in [0.05, 0.1) is 0 Å². The summed E-state index contributed by atoms with van der Waals surface area (Å²) in [6.45, 7) is 15.0. The average Bonchev–Trinajstić information content (AvgIpc) is 3.16. The standard InChI is InChI=1S/C5H10.2C4H10.C2H6/c1-2-5-3-4-5;2*1-3-4-2;1-2/h5H,2-4H2,1H3;2*3-4H2,1-2H3;1-2H3. The topological polar surface area (TPSA) is 0 Å². The Balaban J connectivity index is -0.000000135. The van der Waals surface area contributed by atoms with E-state index < -0.39 is 0 Å². The van der Waals surface area contributed by atoms with Crippen LogP contribution in [0.5, 0.6) is 0 Å². The molecule has 0 aromatic rings. The van der Waals surface area contributed by atoms with Gasteiger partial charge in [-0.25, -0.2) is 0 Å². The monoisotopic (exact) mass is 216 g/mol. The molecule has 0 N–H and O–H groups in total. The summed E-state index contributed by atoms with van der Waals surface area (Å²) >= 11 is 0. The highest BCUT2D eigenvalue weighted by atomic mass is 14.2.